The Hall–Kier alpha value is -1.06. The molecule has 1 rings (SSSR count). The van der Waals surface area contributed by atoms with Gasteiger partial charge in [-0.2, -0.15) is 0 Å². The van der Waals surface area contributed by atoms with Crippen LogP contribution >= 0.6 is 23.2 Å². The number of esters is 1. The molecule has 0 fully saturated rings. The van der Waals surface area contributed by atoms with Gasteiger partial charge in [-0.05, 0) is 31.0 Å². The van der Waals surface area contributed by atoms with Crippen LogP contribution in [0.1, 0.15) is 19.4 Å². The van der Waals surface area contributed by atoms with Crippen LogP contribution < -0.4 is 0 Å². The van der Waals surface area contributed by atoms with Gasteiger partial charge < -0.3 is 4.74 Å². The standard InChI is InChI=1S/C13H14Cl2O3/c1-8(16)11(7-18-9(2)17)5-10-3-4-12(14)6-13(10)15/h3-4,6,11H,5,7H2,1-2H3. The molecule has 1 atom stereocenters. The molecule has 0 heterocycles. The first-order valence-electron chi connectivity index (χ1n) is 5.48. The zero-order chi connectivity index (χ0) is 13.7. The maximum absolute atomic E-state index is 11.5. The minimum atomic E-state index is -0.400. The molecule has 0 spiro atoms. The highest BCUT2D eigenvalue weighted by Crippen LogP contribution is 2.23. The van der Waals surface area contributed by atoms with E-state index in [-0.39, 0.29) is 18.3 Å². The van der Waals surface area contributed by atoms with E-state index in [4.69, 9.17) is 27.9 Å². The number of halogens is 2. The molecular weight excluding hydrogens is 275 g/mol. The normalized spacial score (nSPS) is 12.0. The summed E-state index contributed by atoms with van der Waals surface area (Å²) in [4.78, 5) is 22.2. The fraction of sp³-hybridized carbons (Fsp3) is 0.385. The number of rotatable bonds is 5. The van der Waals surface area contributed by atoms with Crippen LogP contribution in [-0.2, 0) is 20.7 Å². The zero-order valence-corrected chi connectivity index (χ0v) is 11.7. The second-order valence-electron chi connectivity index (χ2n) is 4.05. The van der Waals surface area contributed by atoms with Crippen LogP contribution in [-0.4, -0.2) is 18.4 Å². The molecule has 0 saturated heterocycles. The van der Waals surface area contributed by atoms with E-state index >= 15 is 0 Å². The maximum Gasteiger partial charge on any atom is 0.302 e. The van der Waals surface area contributed by atoms with Gasteiger partial charge in [0.25, 0.3) is 0 Å². The predicted octanol–water partition coefficient (Wildman–Crippen LogP) is 3.30. The molecule has 0 radical (unpaired) electrons. The van der Waals surface area contributed by atoms with Crippen molar-refractivity contribution in [1.82, 2.24) is 0 Å². The van der Waals surface area contributed by atoms with Gasteiger partial charge in [-0.3, -0.25) is 9.59 Å². The van der Waals surface area contributed by atoms with Crippen molar-refractivity contribution in [2.75, 3.05) is 6.61 Å². The van der Waals surface area contributed by atoms with Crippen molar-refractivity contribution in [2.45, 2.75) is 20.3 Å². The minimum absolute atomic E-state index is 0.0396. The summed E-state index contributed by atoms with van der Waals surface area (Å²) in [5, 5.41) is 1.06. The van der Waals surface area contributed by atoms with Crippen molar-refractivity contribution in [3.8, 4) is 0 Å². The molecule has 0 aliphatic heterocycles. The first-order valence-corrected chi connectivity index (χ1v) is 6.23. The summed E-state index contributed by atoms with van der Waals surface area (Å²) in [6, 6.07) is 5.11. The van der Waals surface area contributed by atoms with Gasteiger partial charge in [0.15, 0.2) is 0 Å². The SMILES string of the molecule is CC(=O)OCC(Cc1ccc(Cl)cc1Cl)C(C)=O. The highest BCUT2D eigenvalue weighted by molar-refractivity contribution is 6.35. The third-order valence-electron chi connectivity index (χ3n) is 2.54. The van der Waals surface area contributed by atoms with E-state index < -0.39 is 5.97 Å². The molecule has 1 aromatic rings. The van der Waals surface area contributed by atoms with Crippen molar-refractivity contribution in [2.24, 2.45) is 5.92 Å². The molecule has 98 valence electrons. The van der Waals surface area contributed by atoms with Crippen molar-refractivity contribution in [3.05, 3.63) is 33.8 Å². The molecule has 0 N–H and O–H groups in total. The van der Waals surface area contributed by atoms with E-state index in [9.17, 15) is 9.59 Å². The van der Waals surface area contributed by atoms with Crippen molar-refractivity contribution in [3.63, 3.8) is 0 Å². The lowest BCUT2D eigenvalue weighted by Crippen LogP contribution is -2.21. The van der Waals surface area contributed by atoms with Crippen LogP contribution in [0.5, 0.6) is 0 Å². The summed E-state index contributed by atoms with van der Waals surface area (Å²) in [5.74, 6) is -0.821. The Morgan fingerprint density at radius 2 is 1.94 bits per heavy atom. The Kier molecular flexibility index (Phi) is 5.63. The van der Waals surface area contributed by atoms with Crippen LogP contribution in [0.2, 0.25) is 10.0 Å². The van der Waals surface area contributed by atoms with Crippen LogP contribution in [0.4, 0.5) is 0 Å². The van der Waals surface area contributed by atoms with Crippen LogP contribution in [0.15, 0.2) is 18.2 Å². The number of Topliss-reactive ketones (excluding diaryl/α,β-unsaturated/α-hetero) is 1. The van der Waals surface area contributed by atoms with Gasteiger partial charge in [0, 0.05) is 17.0 Å². The summed E-state index contributed by atoms with van der Waals surface area (Å²) < 4.78 is 4.87. The smallest absolute Gasteiger partial charge is 0.302 e. The molecule has 0 aliphatic carbocycles. The van der Waals surface area contributed by atoms with Gasteiger partial charge in [0.2, 0.25) is 0 Å². The van der Waals surface area contributed by atoms with E-state index in [0.29, 0.717) is 16.5 Å². The largest absolute Gasteiger partial charge is 0.465 e. The van der Waals surface area contributed by atoms with E-state index in [1.165, 1.54) is 13.8 Å². The van der Waals surface area contributed by atoms with Crippen LogP contribution in [0.3, 0.4) is 0 Å². The maximum atomic E-state index is 11.5. The second-order valence-corrected chi connectivity index (χ2v) is 4.89. The molecule has 18 heavy (non-hydrogen) atoms. The first kappa shape index (κ1) is 15.0. The Labute approximate surface area is 116 Å². The van der Waals surface area contributed by atoms with Gasteiger partial charge in [-0.25, -0.2) is 0 Å². The van der Waals surface area contributed by atoms with Gasteiger partial charge in [0.05, 0.1) is 5.92 Å². The zero-order valence-electron chi connectivity index (χ0n) is 10.2. The number of carbonyl (C=O) groups excluding carboxylic acids is 2. The molecule has 0 aliphatic rings. The van der Waals surface area contributed by atoms with Gasteiger partial charge >= 0.3 is 5.97 Å². The fourth-order valence-corrected chi connectivity index (χ4v) is 1.98. The number of hydrogen-bond acceptors (Lipinski definition) is 3. The summed E-state index contributed by atoms with van der Waals surface area (Å²) >= 11 is 11.8. The Bertz CT molecular complexity index is 458. The molecule has 0 saturated carbocycles. The number of hydrogen-bond donors (Lipinski definition) is 0. The number of benzene rings is 1. The monoisotopic (exact) mass is 288 g/mol. The molecule has 1 aromatic carbocycles. The summed E-state index contributed by atoms with van der Waals surface area (Å²) in [5.41, 5.74) is 0.813. The van der Waals surface area contributed by atoms with Gasteiger partial charge in [-0.15, -0.1) is 0 Å². The highest BCUT2D eigenvalue weighted by Gasteiger charge is 2.18. The topological polar surface area (TPSA) is 43.4 Å². The second kappa shape index (κ2) is 6.76. The summed E-state index contributed by atoms with van der Waals surface area (Å²) in [7, 11) is 0. The molecule has 3 nitrogen and oxygen atoms in total. The third kappa shape index (κ3) is 4.67. The number of ketones is 1. The molecular formula is C13H14Cl2O3. The molecule has 0 aromatic heterocycles. The van der Waals surface area contributed by atoms with E-state index in [1.54, 1.807) is 18.2 Å². The Morgan fingerprint density at radius 3 is 2.44 bits per heavy atom. The van der Waals surface area contributed by atoms with Gasteiger partial charge in [-0.1, -0.05) is 29.3 Å². The fourth-order valence-electron chi connectivity index (χ4n) is 1.49. The van der Waals surface area contributed by atoms with Crippen molar-refractivity contribution < 1.29 is 14.3 Å². The Balaban J connectivity index is 2.76. The predicted molar refractivity (Wildman–Crippen MR) is 71.0 cm³/mol. The molecule has 5 heteroatoms. The quantitative estimate of drug-likeness (QED) is 0.781. The highest BCUT2D eigenvalue weighted by atomic mass is 35.5. The lowest BCUT2D eigenvalue weighted by atomic mass is 9.97. The van der Waals surface area contributed by atoms with E-state index in [1.807, 2.05) is 0 Å². The average molecular weight is 289 g/mol. The lowest BCUT2D eigenvalue weighted by molar-refractivity contribution is -0.143. The van der Waals surface area contributed by atoms with Crippen molar-refractivity contribution >= 4 is 35.0 Å². The summed E-state index contributed by atoms with van der Waals surface area (Å²) in [6.07, 6.45) is 0.429. The lowest BCUT2D eigenvalue weighted by Gasteiger charge is -2.14. The van der Waals surface area contributed by atoms with Gasteiger partial charge in [0.1, 0.15) is 12.4 Å². The van der Waals surface area contributed by atoms with E-state index in [2.05, 4.69) is 0 Å². The molecule has 0 amide bonds. The number of ether oxygens (including phenoxy) is 1. The van der Waals surface area contributed by atoms with Crippen LogP contribution in [0, 0.1) is 5.92 Å². The van der Waals surface area contributed by atoms with E-state index in [0.717, 1.165) is 5.56 Å². The minimum Gasteiger partial charge on any atom is -0.465 e. The Morgan fingerprint density at radius 1 is 1.28 bits per heavy atom. The number of carbonyl (C=O) groups is 2. The molecule has 1 unspecified atom stereocenters. The first-order chi connectivity index (χ1) is 8.40. The average Bonchev–Trinajstić information content (AvgIpc) is 2.26. The summed E-state index contributed by atoms with van der Waals surface area (Å²) in [6.45, 7) is 2.86. The third-order valence-corrected chi connectivity index (χ3v) is 3.13. The van der Waals surface area contributed by atoms with Crippen molar-refractivity contribution in [1.29, 1.82) is 0 Å². The molecule has 0 bridgehead atoms. The van der Waals surface area contributed by atoms with Crippen LogP contribution in [0.25, 0.3) is 0 Å².